The van der Waals surface area contributed by atoms with Gasteiger partial charge in [-0.1, -0.05) is 35.9 Å². The van der Waals surface area contributed by atoms with Crippen LogP contribution in [0.4, 0.5) is 29.1 Å². The molecule has 0 fully saturated rings. The molecule has 0 saturated heterocycles. The molecule has 3 rings (SSSR count). The van der Waals surface area contributed by atoms with E-state index in [0.717, 1.165) is 7.05 Å². The Morgan fingerprint density at radius 2 is 1.84 bits per heavy atom. The van der Waals surface area contributed by atoms with Crippen molar-refractivity contribution in [1.82, 2.24) is 9.78 Å². The molecule has 0 amide bonds. The maximum atomic E-state index is 15.3. The van der Waals surface area contributed by atoms with Crippen LogP contribution in [0.2, 0.25) is 10.0 Å². The summed E-state index contributed by atoms with van der Waals surface area (Å²) in [5.74, 6) is -0.522. The molecule has 1 atom stereocenters. The van der Waals surface area contributed by atoms with Crippen molar-refractivity contribution in [3.8, 4) is 11.8 Å². The van der Waals surface area contributed by atoms with Crippen molar-refractivity contribution in [3.63, 3.8) is 0 Å². The van der Waals surface area contributed by atoms with Gasteiger partial charge in [-0.2, -0.15) is 23.5 Å². The van der Waals surface area contributed by atoms with Gasteiger partial charge >= 0.3 is 6.18 Å². The number of benzene rings is 1. The molecule has 2 N–H and O–H groups in total. The van der Waals surface area contributed by atoms with Gasteiger partial charge in [-0.25, -0.2) is 17.5 Å². The van der Waals surface area contributed by atoms with Gasteiger partial charge in [-0.05, 0) is 24.6 Å². The molecule has 0 spiro atoms. The van der Waals surface area contributed by atoms with Crippen molar-refractivity contribution in [2.24, 2.45) is 0 Å². The fraction of sp³-hybridized carbons (Fsp3) is 0.222. The van der Waals surface area contributed by atoms with Crippen LogP contribution in [0.5, 0.6) is 0 Å². The van der Waals surface area contributed by atoms with E-state index >= 15 is 4.39 Å². The van der Waals surface area contributed by atoms with Crippen LogP contribution in [0.25, 0.3) is 5.69 Å². The SMILES string of the molecule is C=C1C=C(C)C1(F)S(=O)(=O)N(C)c1c(C#N)nn(-c2c(Cl)cc(C(F)(F)F)cc2Cl)c1N. The van der Waals surface area contributed by atoms with Gasteiger partial charge in [0.2, 0.25) is 0 Å². The molecule has 1 aromatic carbocycles. The van der Waals surface area contributed by atoms with Gasteiger partial charge in [-0.3, -0.25) is 4.31 Å². The van der Waals surface area contributed by atoms with E-state index in [2.05, 4.69) is 11.7 Å². The second-order valence-electron chi connectivity index (χ2n) is 6.81. The Morgan fingerprint density at radius 1 is 1.31 bits per heavy atom. The number of rotatable bonds is 4. The Bertz CT molecular complexity index is 1320. The lowest BCUT2D eigenvalue weighted by molar-refractivity contribution is -0.137. The van der Waals surface area contributed by atoms with Gasteiger partial charge in [0.25, 0.3) is 15.0 Å². The van der Waals surface area contributed by atoms with Gasteiger partial charge in [0.1, 0.15) is 17.4 Å². The molecule has 1 heterocycles. The Balaban J connectivity index is 2.21. The number of hydrogen-bond donors (Lipinski definition) is 1. The monoisotopic (exact) mass is 509 g/mol. The van der Waals surface area contributed by atoms with E-state index in [4.69, 9.17) is 28.9 Å². The molecule has 7 nitrogen and oxygen atoms in total. The molecular weight excluding hydrogens is 497 g/mol. The number of nitrogens with two attached hydrogens (primary N) is 1. The molecule has 14 heteroatoms. The first kappa shape index (κ1) is 23.9. The molecule has 0 bridgehead atoms. The lowest BCUT2D eigenvalue weighted by atomic mass is 9.92. The van der Waals surface area contributed by atoms with E-state index in [0.29, 0.717) is 21.1 Å². The van der Waals surface area contributed by atoms with E-state index in [1.165, 1.54) is 13.0 Å². The second kappa shape index (κ2) is 7.40. The molecule has 0 radical (unpaired) electrons. The molecule has 1 unspecified atom stereocenters. The fourth-order valence-electron chi connectivity index (χ4n) is 3.21. The molecule has 1 aromatic heterocycles. The number of anilines is 2. The Labute approximate surface area is 190 Å². The van der Waals surface area contributed by atoms with E-state index in [-0.39, 0.29) is 16.8 Å². The van der Waals surface area contributed by atoms with Crippen LogP contribution < -0.4 is 10.0 Å². The first-order chi connectivity index (χ1) is 14.6. The third-order valence-corrected chi connectivity index (χ3v) is 7.67. The molecule has 1 aliphatic rings. The number of aromatic nitrogens is 2. The number of alkyl halides is 4. The molecule has 0 saturated carbocycles. The highest BCUT2D eigenvalue weighted by molar-refractivity contribution is 7.94. The zero-order valence-corrected chi connectivity index (χ0v) is 18.6. The van der Waals surface area contributed by atoms with Crippen LogP contribution in [0, 0.1) is 11.3 Å². The van der Waals surface area contributed by atoms with Gasteiger partial charge in [0, 0.05) is 12.6 Å². The van der Waals surface area contributed by atoms with Crippen LogP contribution in [0.3, 0.4) is 0 Å². The van der Waals surface area contributed by atoms with Crippen molar-refractivity contribution < 1.29 is 26.0 Å². The van der Waals surface area contributed by atoms with Crippen LogP contribution in [-0.2, 0) is 16.2 Å². The Morgan fingerprint density at radius 3 is 2.25 bits per heavy atom. The minimum atomic E-state index is -4.82. The molecule has 32 heavy (non-hydrogen) atoms. The van der Waals surface area contributed by atoms with Gasteiger partial charge in [-0.15, -0.1) is 0 Å². The molecule has 170 valence electrons. The summed E-state index contributed by atoms with van der Waals surface area (Å²) in [5, 5.41) is 9.31. The zero-order chi connectivity index (χ0) is 24.4. The lowest BCUT2D eigenvalue weighted by Gasteiger charge is -2.37. The number of sulfonamides is 1. The quantitative estimate of drug-likeness (QED) is 0.606. The normalized spacial score (nSPS) is 18.7. The van der Waals surface area contributed by atoms with E-state index in [1.807, 2.05) is 0 Å². The van der Waals surface area contributed by atoms with Crippen LogP contribution >= 0.6 is 23.2 Å². The minimum Gasteiger partial charge on any atom is -0.382 e. The third-order valence-electron chi connectivity index (χ3n) is 4.90. The van der Waals surface area contributed by atoms with Crippen molar-refractivity contribution >= 4 is 44.7 Å². The first-order valence-corrected chi connectivity index (χ1v) is 10.7. The summed E-state index contributed by atoms with van der Waals surface area (Å²) in [6.45, 7) is 4.62. The van der Waals surface area contributed by atoms with Crippen LogP contribution in [0.15, 0.2) is 35.9 Å². The van der Waals surface area contributed by atoms with Crippen LogP contribution in [-0.4, -0.2) is 30.2 Å². The Kier molecular flexibility index (Phi) is 5.53. The average molecular weight is 510 g/mol. The van der Waals surface area contributed by atoms with Gasteiger partial charge < -0.3 is 5.73 Å². The minimum absolute atomic E-state index is 0.132. The Hall–Kier alpha value is -2.75. The maximum Gasteiger partial charge on any atom is 0.416 e. The van der Waals surface area contributed by atoms with Gasteiger partial charge in [0.05, 0.1) is 15.6 Å². The molecule has 2 aromatic rings. The smallest absolute Gasteiger partial charge is 0.382 e. The highest BCUT2D eigenvalue weighted by Crippen LogP contribution is 2.48. The number of nitrogens with zero attached hydrogens (tertiary/aromatic N) is 4. The fourth-order valence-corrected chi connectivity index (χ4v) is 5.51. The van der Waals surface area contributed by atoms with Crippen molar-refractivity contribution in [1.29, 1.82) is 5.26 Å². The van der Waals surface area contributed by atoms with Crippen molar-refractivity contribution in [3.05, 3.63) is 57.2 Å². The molecule has 0 aliphatic heterocycles. The summed E-state index contributed by atoms with van der Waals surface area (Å²) < 4.78 is 81.4. The number of nitrogen functional groups attached to an aromatic ring is 1. The summed E-state index contributed by atoms with van der Waals surface area (Å²) in [4.78, 5) is 0. The summed E-state index contributed by atoms with van der Waals surface area (Å²) in [6.07, 6.45) is -3.50. The van der Waals surface area contributed by atoms with E-state index < -0.39 is 54.0 Å². The van der Waals surface area contributed by atoms with Gasteiger partial charge in [0.15, 0.2) is 11.5 Å². The van der Waals surface area contributed by atoms with Crippen molar-refractivity contribution in [2.45, 2.75) is 18.1 Å². The van der Waals surface area contributed by atoms with Crippen LogP contribution in [0.1, 0.15) is 18.2 Å². The summed E-state index contributed by atoms with van der Waals surface area (Å²) in [5.41, 5.74) is 2.99. The summed E-state index contributed by atoms with van der Waals surface area (Å²) >= 11 is 11.9. The average Bonchev–Trinajstić information content (AvgIpc) is 3.01. The maximum absolute atomic E-state index is 15.3. The summed E-state index contributed by atoms with van der Waals surface area (Å²) in [7, 11) is -3.88. The molecule has 1 aliphatic carbocycles. The first-order valence-electron chi connectivity index (χ1n) is 8.49. The zero-order valence-electron chi connectivity index (χ0n) is 16.3. The standard InChI is InChI=1S/C18H13Cl2F4N5O2S/c1-8-4-9(2)17(8,21)32(30,31)28(3)15-13(7-25)27-29(16(15)26)14-11(19)5-10(6-12(14)20)18(22,23)24/h4-6H,1,26H2,2-3H3. The van der Waals surface area contributed by atoms with E-state index in [9.17, 15) is 26.9 Å². The predicted octanol–water partition coefficient (Wildman–Crippen LogP) is 4.60. The number of allylic oxidation sites excluding steroid dienone is 1. The van der Waals surface area contributed by atoms with Crippen molar-refractivity contribution in [2.75, 3.05) is 17.1 Å². The topological polar surface area (TPSA) is 105 Å². The number of halogens is 6. The highest BCUT2D eigenvalue weighted by Gasteiger charge is 2.56. The molecular formula is C18H13Cl2F4N5O2S. The number of hydrogen-bond acceptors (Lipinski definition) is 5. The second-order valence-corrected chi connectivity index (χ2v) is 9.69. The summed E-state index contributed by atoms with van der Waals surface area (Å²) in [6, 6.07) is 2.76. The lowest BCUT2D eigenvalue weighted by Crippen LogP contribution is -2.49. The third kappa shape index (κ3) is 3.23. The predicted molar refractivity (Wildman–Crippen MR) is 112 cm³/mol. The number of nitriles is 1. The van der Waals surface area contributed by atoms with E-state index in [1.54, 1.807) is 6.07 Å². The highest BCUT2D eigenvalue weighted by atomic mass is 35.5. The largest absolute Gasteiger partial charge is 0.416 e.